The van der Waals surface area contributed by atoms with Gasteiger partial charge in [0.25, 0.3) is 0 Å². The van der Waals surface area contributed by atoms with E-state index in [1.165, 1.54) is 23.5 Å². The van der Waals surface area contributed by atoms with Crippen LogP contribution in [0.4, 0.5) is 0 Å². The van der Waals surface area contributed by atoms with Crippen LogP contribution >= 0.6 is 7.92 Å². The molecule has 1 heteroatoms. The quantitative estimate of drug-likeness (QED) is 0.572. The molecule has 2 unspecified atom stereocenters. The molecule has 0 N–H and O–H groups in total. The van der Waals surface area contributed by atoms with Crippen LogP contribution in [0.25, 0.3) is 0 Å². The summed E-state index contributed by atoms with van der Waals surface area (Å²) in [5.74, 6) is 0.807. The monoisotopic (exact) mass is 280 g/mol. The first-order valence-electron chi connectivity index (χ1n) is 7.46. The van der Waals surface area contributed by atoms with E-state index in [2.05, 4.69) is 79.7 Å². The largest absolute Gasteiger partial charge is 0.0876 e. The van der Waals surface area contributed by atoms with Crippen LogP contribution in [0, 0.1) is 5.92 Å². The molecule has 2 aromatic carbocycles. The molecule has 0 aliphatic heterocycles. The fraction of sp³-hybridized carbons (Fsp3) is 0.263. The van der Waals surface area contributed by atoms with Gasteiger partial charge in [-0.25, -0.2) is 0 Å². The van der Waals surface area contributed by atoms with Gasteiger partial charge < -0.3 is 0 Å². The molecular weight excluding hydrogens is 259 g/mol. The van der Waals surface area contributed by atoms with Crippen LogP contribution in [0.15, 0.2) is 72.8 Å². The second-order valence-corrected chi connectivity index (χ2v) is 7.73. The smallest absolute Gasteiger partial charge is 0.00818 e. The molecule has 0 spiro atoms. The van der Waals surface area contributed by atoms with E-state index in [1.54, 1.807) is 0 Å². The predicted molar refractivity (Wildman–Crippen MR) is 90.4 cm³/mol. The molecule has 0 heterocycles. The summed E-state index contributed by atoms with van der Waals surface area (Å²) >= 11 is 0. The summed E-state index contributed by atoms with van der Waals surface area (Å²) in [4.78, 5) is 0. The number of hydrogen-bond donors (Lipinski definition) is 0. The Kier molecular flexibility index (Phi) is 4.33. The van der Waals surface area contributed by atoms with E-state index in [0.29, 0.717) is 5.66 Å². The van der Waals surface area contributed by atoms with E-state index in [1.807, 2.05) is 0 Å². The SMILES string of the molecule is CCC1CC=CC1P(c1ccccc1)c1ccccc1. The molecule has 0 saturated carbocycles. The van der Waals surface area contributed by atoms with Crippen molar-refractivity contribution >= 4 is 18.5 Å². The van der Waals surface area contributed by atoms with Crippen LogP contribution in [0.2, 0.25) is 0 Å². The van der Waals surface area contributed by atoms with Gasteiger partial charge in [-0.05, 0) is 30.9 Å². The molecule has 20 heavy (non-hydrogen) atoms. The fourth-order valence-electron chi connectivity index (χ4n) is 3.06. The summed E-state index contributed by atoms with van der Waals surface area (Å²) in [7, 11) is -0.284. The van der Waals surface area contributed by atoms with Crippen LogP contribution in [-0.4, -0.2) is 5.66 Å². The number of benzene rings is 2. The third-order valence-corrected chi connectivity index (χ3v) is 7.05. The van der Waals surface area contributed by atoms with Crippen molar-refractivity contribution in [1.82, 2.24) is 0 Å². The van der Waals surface area contributed by atoms with E-state index in [9.17, 15) is 0 Å². The fourth-order valence-corrected chi connectivity index (χ4v) is 6.09. The van der Waals surface area contributed by atoms with Gasteiger partial charge in [-0.15, -0.1) is 0 Å². The highest BCUT2D eigenvalue weighted by atomic mass is 31.1. The molecule has 0 fully saturated rings. The Bertz CT molecular complexity index is 519. The van der Waals surface area contributed by atoms with Crippen molar-refractivity contribution in [2.75, 3.05) is 0 Å². The summed E-state index contributed by atoms with van der Waals surface area (Å²) in [6, 6.07) is 22.1. The number of hydrogen-bond acceptors (Lipinski definition) is 0. The van der Waals surface area contributed by atoms with Crippen LogP contribution in [0.3, 0.4) is 0 Å². The van der Waals surface area contributed by atoms with Gasteiger partial charge in [0, 0.05) is 5.66 Å². The minimum absolute atomic E-state index is 0.284. The number of allylic oxidation sites excluding steroid dienone is 2. The van der Waals surface area contributed by atoms with Crippen LogP contribution < -0.4 is 10.6 Å². The highest BCUT2D eigenvalue weighted by molar-refractivity contribution is 7.73. The summed E-state index contributed by atoms with van der Waals surface area (Å²) in [5.41, 5.74) is 0.694. The van der Waals surface area contributed by atoms with E-state index in [-0.39, 0.29) is 7.92 Å². The summed E-state index contributed by atoms with van der Waals surface area (Å²) in [6.07, 6.45) is 7.38. The van der Waals surface area contributed by atoms with E-state index >= 15 is 0 Å². The number of rotatable bonds is 4. The van der Waals surface area contributed by atoms with Gasteiger partial charge in [-0.3, -0.25) is 0 Å². The standard InChI is InChI=1S/C19H21P/c1-2-16-10-9-15-19(16)20(17-11-5-3-6-12-17)18-13-7-4-8-14-18/h3-9,11-16,19H,2,10H2,1H3. The van der Waals surface area contributed by atoms with Gasteiger partial charge in [0.05, 0.1) is 0 Å². The molecule has 0 bridgehead atoms. The second-order valence-electron chi connectivity index (χ2n) is 5.36. The van der Waals surface area contributed by atoms with Gasteiger partial charge in [-0.2, -0.15) is 0 Å². The van der Waals surface area contributed by atoms with Crippen molar-refractivity contribution in [1.29, 1.82) is 0 Å². The van der Waals surface area contributed by atoms with Crippen LogP contribution in [-0.2, 0) is 0 Å². The first-order chi connectivity index (χ1) is 9.90. The lowest BCUT2D eigenvalue weighted by Crippen LogP contribution is -2.24. The van der Waals surface area contributed by atoms with Crippen molar-refractivity contribution in [3.05, 3.63) is 72.8 Å². The van der Waals surface area contributed by atoms with Crippen LogP contribution in [0.1, 0.15) is 19.8 Å². The van der Waals surface area contributed by atoms with Crippen molar-refractivity contribution in [3.63, 3.8) is 0 Å². The summed E-state index contributed by atoms with van der Waals surface area (Å²) < 4.78 is 0. The Morgan fingerprint density at radius 3 is 1.95 bits per heavy atom. The first kappa shape index (κ1) is 13.6. The molecule has 2 aromatic rings. The highest BCUT2D eigenvalue weighted by Crippen LogP contribution is 2.47. The van der Waals surface area contributed by atoms with Crippen molar-refractivity contribution in [2.24, 2.45) is 5.92 Å². The minimum atomic E-state index is -0.284. The maximum absolute atomic E-state index is 2.47. The van der Waals surface area contributed by atoms with Gasteiger partial charge in [-0.1, -0.05) is 86.2 Å². The molecule has 0 saturated heterocycles. The molecule has 2 atom stereocenters. The average molecular weight is 280 g/mol. The third-order valence-electron chi connectivity index (χ3n) is 4.15. The molecule has 1 aliphatic rings. The Hall–Kier alpha value is -1.39. The van der Waals surface area contributed by atoms with Gasteiger partial charge in [0.2, 0.25) is 0 Å². The zero-order chi connectivity index (χ0) is 13.8. The second kappa shape index (κ2) is 6.37. The van der Waals surface area contributed by atoms with Crippen LogP contribution in [0.5, 0.6) is 0 Å². The summed E-state index contributed by atoms with van der Waals surface area (Å²) in [5, 5.41) is 3.01. The molecule has 0 nitrogen and oxygen atoms in total. The Labute approximate surface area is 123 Å². The normalized spacial score (nSPS) is 21.5. The summed E-state index contributed by atoms with van der Waals surface area (Å²) in [6.45, 7) is 2.33. The Morgan fingerprint density at radius 1 is 0.900 bits per heavy atom. The zero-order valence-electron chi connectivity index (χ0n) is 11.9. The lowest BCUT2D eigenvalue weighted by atomic mass is 10.0. The van der Waals surface area contributed by atoms with Crippen molar-refractivity contribution < 1.29 is 0 Å². The molecule has 1 aliphatic carbocycles. The lowest BCUT2D eigenvalue weighted by molar-refractivity contribution is 0.558. The molecule has 0 radical (unpaired) electrons. The molecule has 0 aromatic heterocycles. The Morgan fingerprint density at radius 2 is 1.45 bits per heavy atom. The minimum Gasteiger partial charge on any atom is -0.0876 e. The average Bonchev–Trinajstić information content (AvgIpc) is 2.98. The Balaban J connectivity index is 2.02. The lowest BCUT2D eigenvalue weighted by Gasteiger charge is -2.29. The maximum Gasteiger partial charge on any atom is 0.00818 e. The molecule has 3 rings (SSSR count). The van der Waals surface area contributed by atoms with Crippen molar-refractivity contribution in [2.45, 2.75) is 25.4 Å². The maximum atomic E-state index is 2.47. The predicted octanol–water partition coefficient (Wildman–Crippen LogP) is 4.47. The molecular formula is C19H21P. The zero-order valence-corrected chi connectivity index (χ0v) is 12.8. The molecule has 0 amide bonds. The molecule has 102 valence electrons. The van der Waals surface area contributed by atoms with E-state index in [0.717, 1.165) is 5.92 Å². The van der Waals surface area contributed by atoms with Gasteiger partial charge in [0.15, 0.2) is 0 Å². The topological polar surface area (TPSA) is 0 Å². The highest BCUT2D eigenvalue weighted by Gasteiger charge is 2.30. The van der Waals surface area contributed by atoms with Gasteiger partial charge in [0.1, 0.15) is 0 Å². The van der Waals surface area contributed by atoms with Gasteiger partial charge >= 0.3 is 0 Å². The third kappa shape index (κ3) is 2.72. The van der Waals surface area contributed by atoms with Crippen molar-refractivity contribution in [3.8, 4) is 0 Å². The first-order valence-corrected chi connectivity index (χ1v) is 8.87. The van der Waals surface area contributed by atoms with E-state index in [4.69, 9.17) is 0 Å². The van der Waals surface area contributed by atoms with E-state index < -0.39 is 0 Å².